The van der Waals surface area contributed by atoms with Crippen LogP contribution in [0.4, 0.5) is 0 Å². The van der Waals surface area contributed by atoms with Crippen LogP contribution in [0.3, 0.4) is 0 Å². The third kappa shape index (κ3) is 0.578. The minimum atomic E-state index is 0.920. The smallest absolute Gasteiger partial charge is 0.274 e. The number of nitrogens with zero attached hydrogens (tertiary/aromatic N) is 1. The lowest BCUT2D eigenvalue weighted by Crippen LogP contribution is -2.16. The second kappa shape index (κ2) is 1.60. The molecule has 1 N–H and O–H groups in total. The summed E-state index contributed by atoms with van der Waals surface area (Å²) in [5.41, 5.74) is 0. The Morgan fingerprint density at radius 1 is 1.67 bits per heavy atom. The molecule has 6 heavy (non-hydrogen) atoms. The van der Waals surface area contributed by atoms with Gasteiger partial charge in [-0.1, -0.05) is 4.99 Å². The van der Waals surface area contributed by atoms with Crippen molar-refractivity contribution in [2.75, 3.05) is 6.54 Å². The SMILES string of the molecule is C1=C[N+]=CNC1. The van der Waals surface area contributed by atoms with Crippen LogP contribution in [0.15, 0.2) is 12.3 Å². The molecule has 2 heteroatoms. The first-order valence-corrected chi connectivity index (χ1v) is 1.90. The van der Waals surface area contributed by atoms with Gasteiger partial charge in [-0.05, 0) is 0 Å². The second-order valence-corrected chi connectivity index (χ2v) is 1.07. The van der Waals surface area contributed by atoms with Gasteiger partial charge in [0.25, 0.3) is 6.34 Å². The Kier molecular flexibility index (Phi) is 0.906. The van der Waals surface area contributed by atoms with Gasteiger partial charge in [0.1, 0.15) is 12.7 Å². The van der Waals surface area contributed by atoms with E-state index in [9.17, 15) is 0 Å². The molecule has 0 aromatic rings. The van der Waals surface area contributed by atoms with E-state index in [0.717, 1.165) is 6.54 Å². The molecule has 0 fully saturated rings. The first kappa shape index (κ1) is 3.40. The zero-order valence-electron chi connectivity index (χ0n) is 3.39. The van der Waals surface area contributed by atoms with Gasteiger partial charge < -0.3 is 0 Å². The number of rotatable bonds is 0. The summed E-state index contributed by atoms with van der Waals surface area (Å²) in [7, 11) is 0. The van der Waals surface area contributed by atoms with Crippen LogP contribution in [0.2, 0.25) is 0 Å². The van der Waals surface area contributed by atoms with Gasteiger partial charge in [-0.15, -0.1) is 0 Å². The predicted octanol–water partition coefficient (Wildman–Crippen LogP) is -0.533. The molecule has 0 saturated carbocycles. The third-order valence-corrected chi connectivity index (χ3v) is 0.593. The molecule has 0 spiro atoms. The normalized spacial score (nSPS) is 17.3. The van der Waals surface area contributed by atoms with E-state index in [1.165, 1.54) is 0 Å². The molecule has 0 aromatic carbocycles. The first-order valence-electron chi connectivity index (χ1n) is 1.90. The number of hydrogen-bond acceptors (Lipinski definition) is 2. The fraction of sp³-hybridized carbons (Fsp3) is 0.250. The Hall–Kier alpha value is -0.790. The van der Waals surface area contributed by atoms with E-state index < -0.39 is 0 Å². The molecule has 0 bridgehead atoms. The summed E-state index contributed by atoms with van der Waals surface area (Å²) >= 11 is 0. The van der Waals surface area contributed by atoms with Crippen molar-refractivity contribution in [3.05, 3.63) is 12.3 Å². The standard InChI is InChI=1S/C4H6N2/c1-2-5-4-6-3-1/h1-2,4,6H,3H2/q+1. The fourth-order valence-corrected chi connectivity index (χ4v) is 0.330. The van der Waals surface area contributed by atoms with Gasteiger partial charge in [-0.2, -0.15) is 0 Å². The Morgan fingerprint density at radius 2 is 2.67 bits per heavy atom. The van der Waals surface area contributed by atoms with Gasteiger partial charge in [0.2, 0.25) is 0 Å². The molecule has 31 valence electrons. The zero-order valence-corrected chi connectivity index (χ0v) is 3.39. The lowest BCUT2D eigenvalue weighted by atomic mass is 10.6. The summed E-state index contributed by atoms with van der Waals surface area (Å²) in [6, 6.07) is 0. The Balaban J connectivity index is 2.46. The molecule has 0 aromatic heterocycles. The van der Waals surface area contributed by atoms with Gasteiger partial charge in [-0.25, -0.2) is 0 Å². The van der Waals surface area contributed by atoms with Gasteiger partial charge >= 0.3 is 0 Å². The van der Waals surface area contributed by atoms with Crippen LogP contribution in [-0.2, 0) is 0 Å². The van der Waals surface area contributed by atoms with Crippen LogP contribution in [0.5, 0.6) is 0 Å². The van der Waals surface area contributed by atoms with E-state index in [-0.39, 0.29) is 0 Å². The highest BCUT2D eigenvalue weighted by molar-refractivity contribution is 5.54. The van der Waals surface area contributed by atoms with E-state index in [0.29, 0.717) is 0 Å². The molecule has 1 radical (unpaired) electrons. The van der Waals surface area contributed by atoms with Crippen LogP contribution in [-0.4, -0.2) is 12.9 Å². The average Bonchev–Trinajstić information content (AvgIpc) is 1.72. The molecule has 1 aliphatic heterocycles. The average molecular weight is 82.1 g/mol. The Bertz CT molecular complexity index is 71.5. The summed E-state index contributed by atoms with van der Waals surface area (Å²) in [5.74, 6) is 0. The topological polar surface area (TPSA) is 26.1 Å². The van der Waals surface area contributed by atoms with Gasteiger partial charge in [-0.3, -0.25) is 5.32 Å². The highest BCUT2D eigenvalue weighted by Crippen LogP contribution is 1.64. The molecule has 2 nitrogen and oxygen atoms in total. The van der Waals surface area contributed by atoms with Crippen molar-refractivity contribution in [1.29, 1.82) is 0 Å². The van der Waals surface area contributed by atoms with Crippen molar-refractivity contribution in [2.24, 2.45) is 0 Å². The zero-order chi connectivity index (χ0) is 4.24. The van der Waals surface area contributed by atoms with E-state index in [1.807, 2.05) is 6.08 Å². The maximum atomic E-state index is 3.76. The molecule has 0 unspecified atom stereocenters. The largest absolute Gasteiger partial charge is 0.279 e. The maximum absolute atomic E-state index is 3.76. The second-order valence-electron chi connectivity index (χ2n) is 1.07. The van der Waals surface area contributed by atoms with Crippen molar-refractivity contribution in [3.8, 4) is 0 Å². The van der Waals surface area contributed by atoms with Crippen LogP contribution in [0.25, 0.3) is 0 Å². The molecule has 0 aliphatic carbocycles. The van der Waals surface area contributed by atoms with Gasteiger partial charge in [0, 0.05) is 6.08 Å². The highest BCUT2D eigenvalue weighted by atomic mass is 14.9. The highest BCUT2D eigenvalue weighted by Gasteiger charge is 1.85. The maximum Gasteiger partial charge on any atom is 0.279 e. The predicted molar refractivity (Wildman–Crippen MR) is 25.3 cm³/mol. The molecule has 1 aliphatic rings. The van der Waals surface area contributed by atoms with Crippen molar-refractivity contribution in [1.82, 2.24) is 10.3 Å². The summed E-state index contributed by atoms with van der Waals surface area (Å²) in [4.78, 5) is 3.76. The first-order chi connectivity index (χ1) is 3.00. The number of aliphatic imine (C=N–C) groups is 1. The molecular formula is C4H6N2+. The Morgan fingerprint density at radius 3 is 2.83 bits per heavy atom. The lowest BCUT2D eigenvalue weighted by Gasteiger charge is -1.82. The van der Waals surface area contributed by atoms with Crippen LogP contribution in [0, 0.1) is 0 Å². The Labute approximate surface area is 36.6 Å². The molecule has 0 amide bonds. The summed E-state index contributed by atoms with van der Waals surface area (Å²) in [6.45, 7) is 0.920. The minimum absolute atomic E-state index is 0.920. The molecule has 0 saturated heterocycles. The molecule has 0 atom stereocenters. The number of hydrogen-bond donors (Lipinski definition) is 1. The van der Waals surface area contributed by atoms with E-state index >= 15 is 0 Å². The summed E-state index contributed by atoms with van der Waals surface area (Å²) < 4.78 is 0. The van der Waals surface area contributed by atoms with Crippen LogP contribution in [0.1, 0.15) is 0 Å². The van der Waals surface area contributed by atoms with E-state index in [2.05, 4.69) is 10.3 Å². The molecule has 1 heterocycles. The minimum Gasteiger partial charge on any atom is -0.274 e. The van der Waals surface area contributed by atoms with Crippen molar-refractivity contribution in [2.45, 2.75) is 0 Å². The lowest BCUT2D eigenvalue weighted by molar-refractivity contribution is 1.02. The van der Waals surface area contributed by atoms with Gasteiger partial charge in [0.05, 0.1) is 0 Å². The van der Waals surface area contributed by atoms with E-state index in [4.69, 9.17) is 0 Å². The van der Waals surface area contributed by atoms with Crippen LogP contribution >= 0.6 is 0 Å². The van der Waals surface area contributed by atoms with Crippen molar-refractivity contribution < 1.29 is 0 Å². The molecule has 1 rings (SSSR count). The van der Waals surface area contributed by atoms with Gasteiger partial charge in [0.15, 0.2) is 0 Å². The van der Waals surface area contributed by atoms with Crippen LogP contribution < -0.4 is 10.3 Å². The molecular weight excluding hydrogens is 76.1 g/mol. The number of nitrogens with one attached hydrogen (secondary N) is 1. The van der Waals surface area contributed by atoms with E-state index in [1.54, 1.807) is 12.5 Å². The quantitative estimate of drug-likeness (QED) is 0.417. The monoisotopic (exact) mass is 82.1 g/mol. The fourth-order valence-electron chi connectivity index (χ4n) is 0.330. The third-order valence-electron chi connectivity index (χ3n) is 0.593. The van der Waals surface area contributed by atoms with Crippen molar-refractivity contribution in [3.63, 3.8) is 0 Å². The van der Waals surface area contributed by atoms with Crippen molar-refractivity contribution >= 4 is 6.34 Å². The summed E-state index contributed by atoms with van der Waals surface area (Å²) in [6.07, 6.45) is 5.41. The summed E-state index contributed by atoms with van der Waals surface area (Å²) in [5, 5.41) is 2.91.